The highest BCUT2D eigenvalue weighted by Gasteiger charge is 2.62. The van der Waals surface area contributed by atoms with Crippen LogP contribution in [0.4, 0.5) is 4.79 Å². The zero-order valence-electron chi connectivity index (χ0n) is 31.0. The Hall–Kier alpha value is -4.73. The summed E-state index contributed by atoms with van der Waals surface area (Å²) in [6.45, 7) is 14.3. The first kappa shape index (κ1) is 38.0. The number of amides is 3. The molecule has 1 aromatic carbocycles. The van der Waals surface area contributed by atoms with Gasteiger partial charge in [0.2, 0.25) is 21.8 Å². The molecule has 3 N–H and O–H groups in total. The third kappa shape index (κ3) is 8.26. The van der Waals surface area contributed by atoms with Gasteiger partial charge in [-0.3, -0.25) is 24.1 Å². The molecule has 0 aliphatic heterocycles. The molecule has 53 heavy (non-hydrogen) atoms. The molecule has 0 bridgehead atoms. The Labute approximate surface area is 309 Å². The summed E-state index contributed by atoms with van der Waals surface area (Å²) < 4.78 is 33.2. The quantitative estimate of drug-likeness (QED) is 0.226. The van der Waals surface area contributed by atoms with E-state index in [1.54, 1.807) is 53.8 Å². The fraction of sp³-hybridized carbons (Fsp3) is 0.568. The van der Waals surface area contributed by atoms with Crippen LogP contribution >= 0.6 is 0 Å². The Morgan fingerprint density at radius 2 is 1.77 bits per heavy atom. The highest BCUT2D eigenvalue weighted by molar-refractivity contribution is 7.91. The predicted octanol–water partition coefficient (Wildman–Crippen LogP) is 4.02. The van der Waals surface area contributed by atoms with E-state index >= 15 is 0 Å². The molecule has 3 aromatic rings. The van der Waals surface area contributed by atoms with Gasteiger partial charge >= 0.3 is 6.09 Å². The number of sulfonamides is 1. The molecule has 0 spiro atoms. The van der Waals surface area contributed by atoms with Gasteiger partial charge in [0.05, 0.1) is 22.9 Å². The number of pyridine rings is 1. The number of rotatable bonds is 12. The van der Waals surface area contributed by atoms with E-state index in [0.29, 0.717) is 30.7 Å². The SMILES string of the molecule is C=CC[C@@H]1C[C@@]1(NC(=O)[C@@H]1C[C@@H](n2nnc(-c3cnc4ccccc4c3)n2)CC1C(=O)C(NC(=O)OC(C)(C)C)C(C)(C)C)C(=O)NS(=O)(=O)C1CC1. The van der Waals surface area contributed by atoms with Gasteiger partial charge in [-0.05, 0) is 88.0 Å². The number of para-hydroxylation sites is 1. The second-order valence-electron chi connectivity index (χ2n) is 16.6. The van der Waals surface area contributed by atoms with E-state index < -0.39 is 79.4 Å². The molecule has 284 valence electrons. The molecule has 3 aliphatic rings. The van der Waals surface area contributed by atoms with Gasteiger partial charge in [-0.25, -0.2) is 13.2 Å². The zero-order chi connectivity index (χ0) is 38.5. The number of aromatic nitrogens is 5. The third-order valence-corrected chi connectivity index (χ3v) is 12.0. The molecule has 2 unspecified atom stereocenters. The minimum atomic E-state index is -3.89. The van der Waals surface area contributed by atoms with Gasteiger partial charge in [0.1, 0.15) is 11.1 Å². The maximum Gasteiger partial charge on any atom is 0.408 e. The van der Waals surface area contributed by atoms with Crippen molar-refractivity contribution in [3.8, 4) is 11.4 Å². The van der Waals surface area contributed by atoms with Gasteiger partial charge in [-0.2, -0.15) is 4.80 Å². The van der Waals surface area contributed by atoms with Crippen molar-refractivity contribution in [2.24, 2.45) is 23.2 Å². The zero-order valence-corrected chi connectivity index (χ0v) is 31.8. The van der Waals surface area contributed by atoms with E-state index in [0.717, 1.165) is 10.9 Å². The lowest BCUT2D eigenvalue weighted by Gasteiger charge is -2.34. The lowest BCUT2D eigenvalue weighted by molar-refractivity contribution is -0.137. The molecule has 3 amide bonds. The van der Waals surface area contributed by atoms with Crippen molar-refractivity contribution in [3.63, 3.8) is 0 Å². The van der Waals surface area contributed by atoms with E-state index in [1.165, 1.54) is 4.80 Å². The molecule has 3 saturated carbocycles. The van der Waals surface area contributed by atoms with Crippen LogP contribution in [0.15, 0.2) is 49.2 Å². The molecule has 3 aliphatic carbocycles. The molecule has 2 heterocycles. The van der Waals surface area contributed by atoms with Crippen molar-refractivity contribution in [1.82, 2.24) is 40.5 Å². The first-order chi connectivity index (χ1) is 24.8. The van der Waals surface area contributed by atoms with E-state index in [1.807, 2.05) is 30.3 Å². The number of benzene rings is 1. The summed E-state index contributed by atoms with van der Waals surface area (Å²) in [4.78, 5) is 61.5. The second-order valence-corrected chi connectivity index (χ2v) is 18.6. The Kier molecular flexibility index (Phi) is 9.98. The van der Waals surface area contributed by atoms with Crippen LogP contribution in [0.25, 0.3) is 22.3 Å². The monoisotopic (exact) mass is 748 g/mol. The smallest absolute Gasteiger partial charge is 0.408 e. The van der Waals surface area contributed by atoms with Gasteiger partial charge in [0.15, 0.2) is 5.78 Å². The molecule has 6 rings (SSSR count). The Morgan fingerprint density at radius 1 is 1.08 bits per heavy atom. The molecular formula is C37H48N8O7S. The summed E-state index contributed by atoms with van der Waals surface area (Å²) in [6.07, 6.45) is 4.26. The van der Waals surface area contributed by atoms with Crippen molar-refractivity contribution in [2.45, 2.75) is 109 Å². The highest BCUT2D eigenvalue weighted by atomic mass is 32.2. The van der Waals surface area contributed by atoms with E-state index in [4.69, 9.17) is 4.74 Å². The number of tetrazole rings is 1. The second kappa shape index (κ2) is 13.9. The summed E-state index contributed by atoms with van der Waals surface area (Å²) in [5.41, 5.74) is -1.63. The van der Waals surface area contributed by atoms with Crippen LogP contribution in [0.2, 0.25) is 0 Å². The maximum atomic E-state index is 14.6. The molecule has 0 saturated heterocycles. The van der Waals surface area contributed by atoms with E-state index in [9.17, 15) is 27.6 Å². The van der Waals surface area contributed by atoms with Crippen LogP contribution in [-0.4, -0.2) is 79.7 Å². The van der Waals surface area contributed by atoms with E-state index in [2.05, 4.69) is 42.3 Å². The average molecular weight is 749 g/mol. The number of ether oxygens (including phenoxy) is 1. The number of Topliss-reactive ketones (excluding diaryl/α,β-unsaturated/α-hetero) is 1. The van der Waals surface area contributed by atoms with Crippen LogP contribution in [0.1, 0.15) is 86.1 Å². The van der Waals surface area contributed by atoms with Crippen molar-refractivity contribution < 1.29 is 32.3 Å². The average Bonchev–Trinajstić information content (AvgIpc) is 3.94. The van der Waals surface area contributed by atoms with Gasteiger partial charge in [-0.15, -0.1) is 16.8 Å². The van der Waals surface area contributed by atoms with Crippen LogP contribution < -0.4 is 15.4 Å². The summed E-state index contributed by atoms with van der Waals surface area (Å²) in [7, 11) is -3.89. The number of carbonyl (C=O) groups is 4. The van der Waals surface area contributed by atoms with Gasteiger partial charge in [0, 0.05) is 29.0 Å². The molecule has 16 heteroatoms. The number of nitrogens with zero attached hydrogens (tertiary/aromatic N) is 5. The van der Waals surface area contributed by atoms with Crippen LogP contribution in [0, 0.1) is 23.2 Å². The number of fused-ring (bicyclic) bond motifs is 1. The van der Waals surface area contributed by atoms with Gasteiger partial charge in [-0.1, -0.05) is 45.0 Å². The number of ketones is 1. The molecule has 0 radical (unpaired) electrons. The molecule has 3 fully saturated rings. The van der Waals surface area contributed by atoms with Gasteiger partial charge in [0.25, 0.3) is 5.91 Å². The Balaban J connectivity index is 1.30. The van der Waals surface area contributed by atoms with Crippen molar-refractivity contribution in [2.75, 3.05) is 0 Å². The van der Waals surface area contributed by atoms with Crippen LogP contribution in [0.5, 0.6) is 0 Å². The standard InChI is InChI=1S/C37H48N8O7S/c1-8-11-23-19-37(23,33(48)43-53(50,51)25-14-15-25)40-32(47)27-18-24(17-26(27)29(46)30(35(2,3)4)39-34(49)52-36(5,6)7)45-42-31(41-44-45)22-16-21-12-9-10-13-28(21)38-20-22/h8-10,12-13,16,20,23-27,30H,1,11,14-15,17-19H2,2-7H3,(H,39,49)(H,40,47)(H,43,48)/t23-,24+,26?,27-,30?,37+/m1/s1. The fourth-order valence-electron chi connectivity index (χ4n) is 7.14. The number of alkyl carbamates (subject to hydrolysis) is 1. The first-order valence-electron chi connectivity index (χ1n) is 18.0. The summed E-state index contributed by atoms with van der Waals surface area (Å²) >= 11 is 0. The van der Waals surface area contributed by atoms with Crippen molar-refractivity contribution >= 4 is 44.6 Å². The maximum absolute atomic E-state index is 14.6. The fourth-order valence-corrected chi connectivity index (χ4v) is 8.51. The normalized spacial score (nSPS) is 24.9. The summed E-state index contributed by atoms with van der Waals surface area (Å²) in [5.74, 6) is -3.76. The summed E-state index contributed by atoms with van der Waals surface area (Å²) in [6, 6.07) is 7.93. The topological polar surface area (TPSA) is 204 Å². The largest absolute Gasteiger partial charge is 0.444 e. The minimum Gasteiger partial charge on any atom is -0.444 e. The van der Waals surface area contributed by atoms with E-state index in [-0.39, 0.29) is 25.2 Å². The molecule has 6 atom stereocenters. The third-order valence-electron chi connectivity index (χ3n) is 10.2. The lowest BCUT2D eigenvalue weighted by atomic mass is 9.77. The van der Waals surface area contributed by atoms with Crippen LogP contribution in [-0.2, 0) is 29.1 Å². The molecular weight excluding hydrogens is 701 g/mol. The highest BCUT2D eigenvalue weighted by Crippen LogP contribution is 2.49. The Morgan fingerprint density at radius 3 is 2.43 bits per heavy atom. The molecule has 2 aromatic heterocycles. The number of allylic oxidation sites excluding steroid dienone is 1. The van der Waals surface area contributed by atoms with Crippen molar-refractivity contribution in [3.05, 3.63) is 49.2 Å². The van der Waals surface area contributed by atoms with Gasteiger partial charge < -0.3 is 15.4 Å². The minimum absolute atomic E-state index is 0.113. The van der Waals surface area contributed by atoms with Crippen LogP contribution in [0.3, 0.4) is 0 Å². The van der Waals surface area contributed by atoms with Crippen molar-refractivity contribution in [1.29, 1.82) is 0 Å². The number of nitrogens with one attached hydrogen (secondary N) is 3. The summed E-state index contributed by atoms with van der Waals surface area (Å²) in [5, 5.41) is 19.1. The number of hydrogen-bond donors (Lipinski definition) is 3. The number of hydrogen-bond acceptors (Lipinski definition) is 11. The number of carbonyl (C=O) groups excluding carboxylic acids is 4. The first-order valence-corrected chi connectivity index (χ1v) is 19.5. The predicted molar refractivity (Wildman–Crippen MR) is 195 cm³/mol. The lowest BCUT2D eigenvalue weighted by Crippen LogP contribution is -2.56. The Bertz CT molecular complexity index is 2050. The molecule has 15 nitrogen and oxygen atoms in total.